The molecule has 1 aromatic rings. The van der Waals surface area contributed by atoms with E-state index in [-0.39, 0.29) is 5.91 Å². The number of hydrogen-bond donors (Lipinski definition) is 0. The van der Waals surface area contributed by atoms with Gasteiger partial charge in [0.1, 0.15) is 11.5 Å². The van der Waals surface area contributed by atoms with Crippen LogP contribution in [0.2, 0.25) is 0 Å². The summed E-state index contributed by atoms with van der Waals surface area (Å²) >= 11 is 0. The third-order valence-electron chi connectivity index (χ3n) is 3.71. The first kappa shape index (κ1) is 12.2. The summed E-state index contributed by atoms with van der Waals surface area (Å²) in [5.74, 6) is 1.64. The summed E-state index contributed by atoms with van der Waals surface area (Å²) in [7, 11) is 1.92. The Labute approximate surface area is 103 Å². The van der Waals surface area contributed by atoms with E-state index in [4.69, 9.17) is 4.42 Å². The summed E-state index contributed by atoms with van der Waals surface area (Å²) < 4.78 is 5.43. The molecule has 1 aromatic heterocycles. The SMILES string of the molecule is Cc1cc(C(=O)N(C)C2CCCCC2)c(C)o1. The molecule has 0 atom stereocenters. The fraction of sp³-hybridized carbons (Fsp3) is 0.643. The minimum Gasteiger partial charge on any atom is -0.466 e. The third kappa shape index (κ3) is 2.54. The standard InChI is InChI=1S/C14H21NO2/c1-10-9-13(11(2)17-10)14(16)15(3)12-7-5-4-6-8-12/h9,12H,4-8H2,1-3H3. The number of rotatable bonds is 2. The van der Waals surface area contributed by atoms with Crippen molar-refractivity contribution in [3.63, 3.8) is 0 Å². The number of carbonyl (C=O) groups excluding carboxylic acids is 1. The average molecular weight is 235 g/mol. The van der Waals surface area contributed by atoms with E-state index in [0.717, 1.165) is 29.9 Å². The lowest BCUT2D eigenvalue weighted by molar-refractivity contribution is 0.0694. The molecule has 0 radical (unpaired) electrons. The molecule has 3 nitrogen and oxygen atoms in total. The van der Waals surface area contributed by atoms with Crippen LogP contribution in [0, 0.1) is 13.8 Å². The lowest BCUT2D eigenvalue weighted by Crippen LogP contribution is -2.38. The minimum absolute atomic E-state index is 0.103. The Kier molecular flexibility index (Phi) is 3.55. The number of nitrogens with zero attached hydrogens (tertiary/aromatic N) is 1. The molecule has 1 aliphatic rings. The Morgan fingerprint density at radius 3 is 2.47 bits per heavy atom. The van der Waals surface area contributed by atoms with Gasteiger partial charge < -0.3 is 9.32 Å². The molecule has 0 aromatic carbocycles. The minimum atomic E-state index is 0.103. The highest BCUT2D eigenvalue weighted by Gasteiger charge is 2.25. The summed E-state index contributed by atoms with van der Waals surface area (Å²) in [4.78, 5) is 14.2. The highest BCUT2D eigenvalue weighted by atomic mass is 16.3. The first-order valence-electron chi connectivity index (χ1n) is 6.44. The number of hydrogen-bond acceptors (Lipinski definition) is 2. The zero-order valence-corrected chi connectivity index (χ0v) is 11.0. The molecule has 0 spiro atoms. The second-order valence-corrected chi connectivity index (χ2v) is 5.03. The van der Waals surface area contributed by atoms with Gasteiger partial charge in [0.25, 0.3) is 5.91 Å². The molecule has 17 heavy (non-hydrogen) atoms. The molecule has 1 fully saturated rings. The maximum atomic E-state index is 12.3. The number of amides is 1. The van der Waals surface area contributed by atoms with E-state index in [1.54, 1.807) is 0 Å². The van der Waals surface area contributed by atoms with Crippen LogP contribution < -0.4 is 0 Å². The molecule has 3 heteroatoms. The number of furan rings is 1. The molecule has 0 saturated heterocycles. The van der Waals surface area contributed by atoms with E-state index in [1.807, 2.05) is 31.9 Å². The molecule has 1 saturated carbocycles. The molecule has 94 valence electrons. The lowest BCUT2D eigenvalue weighted by Gasteiger charge is -2.31. The number of carbonyl (C=O) groups is 1. The predicted octanol–water partition coefficient (Wildman–Crippen LogP) is 3.30. The first-order valence-corrected chi connectivity index (χ1v) is 6.44. The van der Waals surface area contributed by atoms with Crippen molar-refractivity contribution in [1.82, 2.24) is 4.90 Å². The molecule has 0 bridgehead atoms. The summed E-state index contributed by atoms with van der Waals surface area (Å²) in [5, 5.41) is 0. The van der Waals surface area contributed by atoms with Crippen LogP contribution in [0.4, 0.5) is 0 Å². The fourth-order valence-corrected chi connectivity index (χ4v) is 2.67. The second-order valence-electron chi connectivity index (χ2n) is 5.03. The maximum absolute atomic E-state index is 12.3. The van der Waals surface area contributed by atoms with Gasteiger partial charge in [0.05, 0.1) is 5.56 Å². The van der Waals surface area contributed by atoms with Gasteiger partial charge >= 0.3 is 0 Å². The van der Waals surface area contributed by atoms with Gasteiger partial charge in [-0.1, -0.05) is 19.3 Å². The predicted molar refractivity (Wildman–Crippen MR) is 67.1 cm³/mol. The number of aryl methyl sites for hydroxylation is 2. The molecule has 1 heterocycles. The summed E-state index contributed by atoms with van der Waals surface area (Å²) in [5.41, 5.74) is 0.718. The zero-order valence-electron chi connectivity index (χ0n) is 11.0. The van der Waals surface area contributed by atoms with Crippen LogP contribution in [0.15, 0.2) is 10.5 Å². The van der Waals surface area contributed by atoms with Gasteiger partial charge in [0, 0.05) is 13.1 Å². The first-order chi connectivity index (χ1) is 8.09. The maximum Gasteiger partial charge on any atom is 0.257 e. The Balaban J connectivity index is 2.11. The largest absolute Gasteiger partial charge is 0.466 e. The summed E-state index contributed by atoms with van der Waals surface area (Å²) in [6.07, 6.45) is 6.07. The average Bonchev–Trinajstić information content (AvgIpc) is 2.68. The van der Waals surface area contributed by atoms with Crippen LogP contribution in [0.3, 0.4) is 0 Å². The molecular formula is C14H21NO2. The molecule has 2 rings (SSSR count). The normalized spacial score (nSPS) is 17.1. The van der Waals surface area contributed by atoms with Crippen molar-refractivity contribution in [3.05, 3.63) is 23.2 Å². The van der Waals surface area contributed by atoms with Crippen molar-refractivity contribution in [2.24, 2.45) is 0 Å². The van der Waals surface area contributed by atoms with Crippen LogP contribution >= 0.6 is 0 Å². The van der Waals surface area contributed by atoms with Gasteiger partial charge in [0.2, 0.25) is 0 Å². The molecule has 1 amide bonds. The Bertz CT molecular complexity index is 402. The smallest absolute Gasteiger partial charge is 0.257 e. The van der Waals surface area contributed by atoms with Crippen molar-refractivity contribution < 1.29 is 9.21 Å². The van der Waals surface area contributed by atoms with Crippen molar-refractivity contribution in [1.29, 1.82) is 0 Å². The van der Waals surface area contributed by atoms with Crippen LogP contribution in [0.25, 0.3) is 0 Å². The van der Waals surface area contributed by atoms with Crippen molar-refractivity contribution in [2.75, 3.05) is 7.05 Å². The van der Waals surface area contributed by atoms with E-state index in [1.165, 1.54) is 19.3 Å². The van der Waals surface area contributed by atoms with E-state index in [2.05, 4.69) is 0 Å². The fourth-order valence-electron chi connectivity index (χ4n) is 2.67. The highest BCUT2D eigenvalue weighted by Crippen LogP contribution is 2.24. The van der Waals surface area contributed by atoms with Crippen molar-refractivity contribution >= 4 is 5.91 Å². The highest BCUT2D eigenvalue weighted by molar-refractivity contribution is 5.95. The summed E-state index contributed by atoms with van der Waals surface area (Å²) in [6, 6.07) is 2.25. The van der Waals surface area contributed by atoms with Gasteiger partial charge in [-0.2, -0.15) is 0 Å². The molecule has 1 aliphatic carbocycles. The Morgan fingerprint density at radius 2 is 1.94 bits per heavy atom. The van der Waals surface area contributed by atoms with Crippen LogP contribution in [0.5, 0.6) is 0 Å². The Morgan fingerprint density at radius 1 is 1.29 bits per heavy atom. The summed E-state index contributed by atoms with van der Waals surface area (Å²) in [6.45, 7) is 3.74. The third-order valence-corrected chi connectivity index (χ3v) is 3.71. The van der Waals surface area contributed by atoms with Crippen molar-refractivity contribution in [2.45, 2.75) is 52.0 Å². The van der Waals surface area contributed by atoms with Gasteiger partial charge in [-0.05, 0) is 32.8 Å². The van der Waals surface area contributed by atoms with E-state index < -0.39 is 0 Å². The Hall–Kier alpha value is -1.25. The quantitative estimate of drug-likeness (QED) is 0.788. The van der Waals surface area contributed by atoms with Crippen LogP contribution in [0.1, 0.15) is 54.0 Å². The monoisotopic (exact) mass is 235 g/mol. The van der Waals surface area contributed by atoms with Crippen molar-refractivity contribution in [3.8, 4) is 0 Å². The van der Waals surface area contributed by atoms with E-state index in [9.17, 15) is 4.79 Å². The van der Waals surface area contributed by atoms with Gasteiger partial charge in [-0.15, -0.1) is 0 Å². The zero-order chi connectivity index (χ0) is 12.4. The van der Waals surface area contributed by atoms with E-state index in [0.29, 0.717) is 6.04 Å². The van der Waals surface area contributed by atoms with Gasteiger partial charge in [0.15, 0.2) is 0 Å². The molecule has 0 aliphatic heterocycles. The second kappa shape index (κ2) is 4.94. The van der Waals surface area contributed by atoms with Gasteiger partial charge in [-0.3, -0.25) is 4.79 Å². The topological polar surface area (TPSA) is 33.5 Å². The van der Waals surface area contributed by atoms with Crippen LogP contribution in [-0.2, 0) is 0 Å². The van der Waals surface area contributed by atoms with Crippen LogP contribution in [-0.4, -0.2) is 23.9 Å². The lowest BCUT2D eigenvalue weighted by atomic mass is 9.94. The molecular weight excluding hydrogens is 214 g/mol. The van der Waals surface area contributed by atoms with E-state index >= 15 is 0 Å². The van der Waals surface area contributed by atoms with Gasteiger partial charge in [-0.25, -0.2) is 0 Å². The molecule has 0 unspecified atom stereocenters. The molecule has 0 N–H and O–H groups in total.